The second kappa shape index (κ2) is 9.72. The second-order valence-corrected chi connectivity index (χ2v) is 11.7. The second-order valence-electron chi connectivity index (χ2n) is 9.72. The number of primary amides is 1. The molecular formula is C26H32N4O4S. The molecule has 2 amide bonds. The lowest BCUT2D eigenvalue weighted by Gasteiger charge is -2.38. The number of hydrogen-bond acceptors (Lipinski definition) is 5. The molecule has 0 aromatic heterocycles. The maximum Gasteiger partial charge on any atom is 0.243 e. The molecule has 5 rings (SSSR count). The average Bonchev–Trinajstić information content (AvgIpc) is 2.88. The Kier molecular flexibility index (Phi) is 6.65. The van der Waals surface area contributed by atoms with E-state index in [2.05, 4.69) is 0 Å². The number of carbonyl (C=O) groups excluding carboxylic acids is 2. The zero-order valence-electron chi connectivity index (χ0n) is 19.9. The molecule has 1 saturated heterocycles. The summed E-state index contributed by atoms with van der Waals surface area (Å²) in [4.78, 5) is 29.1. The third-order valence-corrected chi connectivity index (χ3v) is 9.46. The van der Waals surface area contributed by atoms with Crippen molar-refractivity contribution in [2.24, 2.45) is 5.73 Å². The normalized spacial score (nSPS) is 21.3. The number of benzene rings is 2. The van der Waals surface area contributed by atoms with Crippen molar-refractivity contribution in [3.63, 3.8) is 0 Å². The van der Waals surface area contributed by atoms with Crippen molar-refractivity contribution in [2.75, 3.05) is 32.7 Å². The molecule has 9 heteroatoms. The van der Waals surface area contributed by atoms with E-state index in [0.29, 0.717) is 31.0 Å². The van der Waals surface area contributed by atoms with Crippen molar-refractivity contribution < 1.29 is 18.0 Å². The molecule has 1 atom stereocenters. The number of rotatable bonds is 5. The molecule has 8 nitrogen and oxygen atoms in total. The van der Waals surface area contributed by atoms with Gasteiger partial charge in [0, 0.05) is 32.7 Å². The lowest BCUT2D eigenvalue weighted by molar-refractivity contribution is -0.136. The molecule has 1 fully saturated rings. The topological polar surface area (TPSA) is 104 Å². The fraction of sp³-hybridized carbons (Fsp3) is 0.462. The molecule has 1 aliphatic carbocycles. The molecule has 2 aliphatic heterocycles. The number of amides is 2. The quantitative estimate of drug-likeness (QED) is 0.672. The molecule has 0 spiro atoms. The van der Waals surface area contributed by atoms with Crippen molar-refractivity contribution in [3.8, 4) is 0 Å². The summed E-state index contributed by atoms with van der Waals surface area (Å²) in [6, 6.07) is 12.9. The smallest absolute Gasteiger partial charge is 0.243 e. The number of nitrogens with zero attached hydrogens (tertiary/aromatic N) is 3. The summed E-state index contributed by atoms with van der Waals surface area (Å²) >= 11 is 0. The van der Waals surface area contributed by atoms with Gasteiger partial charge in [-0.2, -0.15) is 4.31 Å². The van der Waals surface area contributed by atoms with Crippen LogP contribution in [0.5, 0.6) is 0 Å². The molecule has 0 saturated carbocycles. The van der Waals surface area contributed by atoms with E-state index in [1.165, 1.54) is 9.87 Å². The highest BCUT2D eigenvalue weighted by molar-refractivity contribution is 7.89. The van der Waals surface area contributed by atoms with Crippen molar-refractivity contribution in [3.05, 3.63) is 64.7 Å². The number of hydrogen-bond donors (Lipinski definition) is 1. The van der Waals surface area contributed by atoms with Gasteiger partial charge >= 0.3 is 0 Å². The van der Waals surface area contributed by atoms with Gasteiger partial charge in [-0.25, -0.2) is 8.42 Å². The third-order valence-electron chi connectivity index (χ3n) is 7.56. The van der Waals surface area contributed by atoms with Crippen LogP contribution in [0.15, 0.2) is 47.4 Å². The number of carbonyl (C=O) groups is 2. The first-order chi connectivity index (χ1) is 16.8. The van der Waals surface area contributed by atoms with E-state index < -0.39 is 22.0 Å². The van der Waals surface area contributed by atoms with Crippen molar-refractivity contribution in [2.45, 2.75) is 49.6 Å². The van der Waals surface area contributed by atoms with Gasteiger partial charge in [-0.3, -0.25) is 14.5 Å². The van der Waals surface area contributed by atoms with E-state index in [-0.39, 0.29) is 25.5 Å². The van der Waals surface area contributed by atoms with E-state index in [1.807, 2.05) is 41.3 Å². The summed E-state index contributed by atoms with van der Waals surface area (Å²) in [6.07, 6.45) is 4.67. The lowest BCUT2D eigenvalue weighted by Crippen LogP contribution is -2.55. The summed E-state index contributed by atoms with van der Waals surface area (Å²) in [5, 5.41) is 0. The standard InChI is InChI=1S/C26H32N4O4S/c27-26(32)24-16-21-7-3-4-8-22(21)17-29(24)18-25(31)28-11-13-30(14-12-28)35(33,34)23-10-9-19-5-1-2-6-20(19)15-23/h3-4,7-10,15,24H,1-2,5-6,11-14,16-18H2,(H2,27,32)/t24-/m0/s1. The summed E-state index contributed by atoms with van der Waals surface area (Å²) in [5.74, 6) is -0.547. The van der Waals surface area contributed by atoms with Crippen LogP contribution in [0.3, 0.4) is 0 Å². The fourth-order valence-electron chi connectivity index (χ4n) is 5.49. The van der Waals surface area contributed by atoms with E-state index in [0.717, 1.165) is 42.4 Å². The van der Waals surface area contributed by atoms with Gasteiger partial charge in [0.2, 0.25) is 21.8 Å². The van der Waals surface area contributed by atoms with Crippen molar-refractivity contribution >= 4 is 21.8 Å². The molecule has 35 heavy (non-hydrogen) atoms. The first-order valence-electron chi connectivity index (χ1n) is 12.3. The van der Waals surface area contributed by atoms with Gasteiger partial charge < -0.3 is 10.6 Å². The van der Waals surface area contributed by atoms with Gasteiger partial charge in [0.15, 0.2) is 0 Å². The highest BCUT2D eigenvalue weighted by atomic mass is 32.2. The fourth-order valence-corrected chi connectivity index (χ4v) is 6.97. The molecule has 2 N–H and O–H groups in total. The molecule has 186 valence electrons. The molecule has 2 heterocycles. The zero-order chi connectivity index (χ0) is 24.6. The predicted molar refractivity (Wildman–Crippen MR) is 132 cm³/mol. The van der Waals surface area contributed by atoms with Crippen LogP contribution in [-0.2, 0) is 45.4 Å². The largest absolute Gasteiger partial charge is 0.368 e. The maximum absolute atomic E-state index is 13.3. The Morgan fingerprint density at radius 1 is 0.886 bits per heavy atom. The lowest BCUT2D eigenvalue weighted by atomic mass is 9.92. The minimum Gasteiger partial charge on any atom is -0.368 e. The Labute approximate surface area is 206 Å². The number of nitrogens with two attached hydrogens (primary N) is 1. The third kappa shape index (κ3) is 4.85. The monoisotopic (exact) mass is 496 g/mol. The molecule has 0 unspecified atom stereocenters. The van der Waals surface area contributed by atoms with Gasteiger partial charge in [-0.1, -0.05) is 30.3 Å². The zero-order valence-corrected chi connectivity index (χ0v) is 20.7. The number of aryl methyl sites for hydroxylation is 2. The SMILES string of the molecule is NC(=O)[C@@H]1Cc2ccccc2CN1CC(=O)N1CCN(S(=O)(=O)c2ccc3c(c2)CCCC3)CC1. The highest BCUT2D eigenvalue weighted by Gasteiger charge is 2.34. The molecule has 3 aliphatic rings. The molecule has 0 bridgehead atoms. The summed E-state index contributed by atoms with van der Waals surface area (Å²) < 4.78 is 28.0. The minimum atomic E-state index is -3.60. The number of fused-ring (bicyclic) bond motifs is 2. The van der Waals surface area contributed by atoms with Crippen molar-refractivity contribution in [1.29, 1.82) is 0 Å². The van der Waals surface area contributed by atoms with Crippen LogP contribution < -0.4 is 5.73 Å². The molecular weight excluding hydrogens is 464 g/mol. The van der Waals surface area contributed by atoms with E-state index in [1.54, 1.807) is 11.0 Å². The minimum absolute atomic E-state index is 0.0829. The Bertz CT molecular complexity index is 1240. The van der Waals surface area contributed by atoms with Crippen LogP contribution in [0, 0.1) is 0 Å². The van der Waals surface area contributed by atoms with Gasteiger partial charge in [-0.05, 0) is 66.5 Å². The van der Waals surface area contributed by atoms with E-state index >= 15 is 0 Å². The Morgan fingerprint density at radius 2 is 1.57 bits per heavy atom. The summed E-state index contributed by atoms with van der Waals surface area (Å²) in [5.41, 5.74) is 10.2. The Hall–Kier alpha value is -2.75. The first kappa shape index (κ1) is 24.0. The maximum atomic E-state index is 13.3. The molecule has 0 radical (unpaired) electrons. The van der Waals surface area contributed by atoms with Gasteiger partial charge in [-0.15, -0.1) is 0 Å². The number of piperazine rings is 1. The van der Waals surface area contributed by atoms with E-state index in [9.17, 15) is 18.0 Å². The average molecular weight is 497 g/mol. The van der Waals surface area contributed by atoms with Gasteiger partial charge in [0.25, 0.3) is 0 Å². The van der Waals surface area contributed by atoms with Crippen LogP contribution in [0.1, 0.15) is 35.1 Å². The van der Waals surface area contributed by atoms with Crippen LogP contribution in [0.2, 0.25) is 0 Å². The van der Waals surface area contributed by atoms with Crippen LogP contribution in [0.4, 0.5) is 0 Å². The van der Waals surface area contributed by atoms with Crippen molar-refractivity contribution in [1.82, 2.24) is 14.1 Å². The summed E-state index contributed by atoms with van der Waals surface area (Å²) in [6.45, 7) is 1.74. The molecule has 2 aromatic carbocycles. The van der Waals surface area contributed by atoms with Gasteiger partial charge in [0.1, 0.15) is 0 Å². The van der Waals surface area contributed by atoms with Crippen LogP contribution in [0.25, 0.3) is 0 Å². The van der Waals surface area contributed by atoms with Crippen LogP contribution in [-0.4, -0.2) is 73.1 Å². The van der Waals surface area contributed by atoms with Crippen LogP contribution >= 0.6 is 0 Å². The Morgan fingerprint density at radius 3 is 2.29 bits per heavy atom. The summed E-state index contributed by atoms with van der Waals surface area (Å²) in [7, 11) is -3.60. The first-order valence-corrected chi connectivity index (χ1v) is 13.8. The molecule has 2 aromatic rings. The Balaban J connectivity index is 1.22. The van der Waals surface area contributed by atoms with E-state index in [4.69, 9.17) is 5.73 Å². The number of sulfonamides is 1. The van der Waals surface area contributed by atoms with Gasteiger partial charge in [0.05, 0.1) is 17.5 Å². The highest BCUT2D eigenvalue weighted by Crippen LogP contribution is 2.27. The predicted octanol–water partition coefficient (Wildman–Crippen LogP) is 1.31.